The SMILES string of the molecule is CCNc1nn(CC(C)O)c(N)c1S(C)(=O)=O. The molecule has 0 radical (unpaired) electrons. The summed E-state index contributed by atoms with van der Waals surface area (Å²) in [7, 11) is -3.45. The van der Waals surface area contributed by atoms with Crippen LogP contribution in [0.1, 0.15) is 13.8 Å². The summed E-state index contributed by atoms with van der Waals surface area (Å²) < 4.78 is 24.5. The minimum absolute atomic E-state index is 0.0139. The zero-order chi connectivity index (χ0) is 13.2. The summed E-state index contributed by atoms with van der Waals surface area (Å²) in [4.78, 5) is -0.0139. The maximum absolute atomic E-state index is 11.6. The number of nitrogens with one attached hydrogen (secondary N) is 1. The third-order valence-corrected chi connectivity index (χ3v) is 3.24. The van der Waals surface area contributed by atoms with Crippen LogP contribution in [-0.4, -0.2) is 42.2 Å². The van der Waals surface area contributed by atoms with Gasteiger partial charge in [0.05, 0.1) is 12.6 Å². The van der Waals surface area contributed by atoms with Crippen LogP contribution in [0.2, 0.25) is 0 Å². The quantitative estimate of drug-likeness (QED) is 0.671. The first-order valence-corrected chi connectivity index (χ1v) is 7.14. The molecule has 0 saturated heterocycles. The standard InChI is InChI=1S/C9H18N4O3S/c1-4-11-9-7(17(3,15)16)8(10)13(12-9)5-6(2)14/h6,14H,4-5,10H2,1-3H3,(H,11,12). The highest BCUT2D eigenvalue weighted by Crippen LogP contribution is 2.27. The predicted octanol–water partition coefficient (Wildman–Crippen LogP) is -0.319. The molecule has 1 aromatic rings. The van der Waals surface area contributed by atoms with E-state index in [0.29, 0.717) is 6.54 Å². The van der Waals surface area contributed by atoms with E-state index < -0.39 is 15.9 Å². The van der Waals surface area contributed by atoms with Gasteiger partial charge in [0.15, 0.2) is 20.6 Å². The van der Waals surface area contributed by atoms with Crippen molar-refractivity contribution in [3.63, 3.8) is 0 Å². The van der Waals surface area contributed by atoms with Crippen LogP contribution in [0.15, 0.2) is 4.90 Å². The molecule has 1 atom stereocenters. The molecule has 1 aromatic heterocycles. The number of rotatable bonds is 5. The van der Waals surface area contributed by atoms with Crippen molar-refractivity contribution in [3.05, 3.63) is 0 Å². The summed E-state index contributed by atoms with van der Waals surface area (Å²) in [5.41, 5.74) is 5.74. The van der Waals surface area contributed by atoms with Crippen LogP contribution in [0.25, 0.3) is 0 Å². The lowest BCUT2D eigenvalue weighted by Crippen LogP contribution is -2.15. The van der Waals surface area contributed by atoms with Gasteiger partial charge in [0.2, 0.25) is 0 Å². The molecule has 98 valence electrons. The van der Waals surface area contributed by atoms with Crippen molar-refractivity contribution in [2.75, 3.05) is 23.9 Å². The minimum atomic E-state index is -3.45. The van der Waals surface area contributed by atoms with Gasteiger partial charge in [0.25, 0.3) is 0 Å². The second-order valence-electron chi connectivity index (χ2n) is 3.90. The smallest absolute Gasteiger partial charge is 0.182 e. The van der Waals surface area contributed by atoms with Crippen molar-refractivity contribution in [1.29, 1.82) is 0 Å². The number of hydrogen-bond donors (Lipinski definition) is 3. The monoisotopic (exact) mass is 262 g/mol. The fraction of sp³-hybridized carbons (Fsp3) is 0.667. The van der Waals surface area contributed by atoms with Gasteiger partial charge in [-0.2, -0.15) is 5.10 Å². The summed E-state index contributed by atoms with van der Waals surface area (Å²) in [5, 5.41) is 16.2. The fourth-order valence-corrected chi connectivity index (χ4v) is 2.45. The first kappa shape index (κ1) is 13.8. The molecule has 0 aliphatic rings. The molecular formula is C9H18N4O3S. The summed E-state index contributed by atoms with van der Waals surface area (Å²) in [6.45, 7) is 4.09. The molecule has 17 heavy (non-hydrogen) atoms. The van der Waals surface area contributed by atoms with Crippen molar-refractivity contribution >= 4 is 21.5 Å². The lowest BCUT2D eigenvalue weighted by molar-refractivity contribution is 0.169. The number of nitrogens with zero attached hydrogens (tertiary/aromatic N) is 2. The van der Waals surface area contributed by atoms with Crippen molar-refractivity contribution in [2.45, 2.75) is 31.4 Å². The summed E-state index contributed by atoms with van der Waals surface area (Å²) in [6.07, 6.45) is 0.424. The van der Waals surface area contributed by atoms with Crippen LogP contribution in [-0.2, 0) is 16.4 Å². The summed E-state index contributed by atoms with van der Waals surface area (Å²) in [5.74, 6) is 0.275. The molecule has 1 unspecified atom stereocenters. The van der Waals surface area contributed by atoms with E-state index >= 15 is 0 Å². The Bertz CT molecular complexity index is 493. The number of aliphatic hydroxyl groups excluding tert-OH is 1. The van der Waals surface area contributed by atoms with E-state index in [1.54, 1.807) is 6.92 Å². The largest absolute Gasteiger partial charge is 0.391 e. The molecule has 1 heterocycles. The van der Waals surface area contributed by atoms with Gasteiger partial charge in [-0.1, -0.05) is 0 Å². The topological polar surface area (TPSA) is 110 Å². The van der Waals surface area contributed by atoms with Crippen LogP contribution >= 0.6 is 0 Å². The van der Waals surface area contributed by atoms with Gasteiger partial charge in [-0.05, 0) is 13.8 Å². The Balaban J connectivity index is 3.30. The second kappa shape index (κ2) is 4.92. The molecule has 0 fully saturated rings. The van der Waals surface area contributed by atoms with Crippen LogP contribution in [0.3, 0.4) is 0 Å². The Labute approximate surface area is 101 Å². The lowest BCUT2D eigenvalue weighted by atomic mass is 10.4. The lowest BCUT2D eigenvalue weighted by Gasteiger charge is -2.05. The van der Waals surface area contributed by atoms with Gasteiger partial charge in [-0.25, -0.2) is 13.1 Å². The number of aromatic nitrogens is 2. The summed E-state index contributed by atoms with van der Waals surface area (Å²) >= 11 is 0. The number of hydrogen-bond acceptors (Lipinski definition) is 6. The molecule has 4 N–H and O–H groups in total. The number of nitrogens with two attached hydrogens (primary N) is 1. The van der Waals surface area contributed by atoms with Gasteiger partial charge in [-0.15, -0.1) is 0 Å². The van der Waals surface area contributed by atoms with Crippen molar-refractivity contribution < 1.29 is 13.5 Å². The molecule has 0 amide bonds. The second-order valence-corrected chi connectivity index (χ2v) is 5.85. The van der Waals surface area contributed by atoms with Gasteiger partial charge in [0.1, 0.15) is 5.82 Å². The van der Waals surface area contributed by atoms with Gasteiger partial charge in [0, 0.05) is 12.8 Å². The fourth-order valence-electron chi connectivity index (χ4n) is 1.50. The van der Waals surface area contributed by atoms with Crippen LogP contribution in [0.4, 0.5) is 11.6 Å². The molecule has 0 aliphatic heterocycles. The van der Waals surface area contributed by atoms with E-state index in [1.807, 2.05) is 6.92 Å². The molecule has 0 aliphatic carbocycles. The number of anilines is 2. The van der Waals surface area contributed by atoms with Crippen molar-refractivity contribution in [2.24, 2.45) is 0 Å². The van der Waals surface area contributed by atoms with Gasteiger partial charge in [-0.3, -0.25) is 0 Å². The predicted molar refractivity (Wildman–Crippen MR) is 65.6 cm³/mol. The van der Waals surface area contributed by atoms with E-state index in [4.69, 9.17) is 5.73 Å². The molecule has 1 rings (SSSR count). The van der Waals surface area contributed by atoms with E-state index in [2.05, 4.69) is 10.4 Å². The average Bonchev–Trinajstić information content (AvgIpc) is 2.41. The highest BCUT2D eigenvalue weighted by Gasteiger charge is 2.24. The first-order chi connectivity index (χ1) is 7.77. The molecule has 0 saturated carbocycles. The normalized spacial score (nSPS) is 13.6. The van der Waals surface area contributed by atoms with Crippen LogP contribution in [0, 0.1) is 0 Å². The summed E-state index contributed by atoms with van der Waals surface area (Å²) in [6, 6.07) is 0. The zero-order valence-electron chi connectivity index (χ0n) is 10.1. The Morgan fingerprint density at radius 2 is 2.18 bits per heavy atom. The van der Waals surface area contributed by atoms with Crippen LogP contribution < -0.4 is 11.1 Å². The molecule has 0 bridgehead atoms. The maximum Gasteiger partial charge on any atom is 0.182 e. The Hall–Kier alpha value is -1.28. The van der Waals surface area contributed by atoms with Crippen molar-refractivity contribution in [1.82, 2.24) is 9.78 Å². The molecule has 8 heteroatoms. The van der Waals surface area contributed by atoms with E-state index in [9.17, 15) is 13.5 Å². The minimum Gasteiger partial charge on any atom is -0.391 e. The molecule has 7 nitrogen and oxygen atoms in total. The Morgan fingerprint density at radius 1 is 1.59 bits per heavy atom. The van der Waals surface area contributed by atoms with E-state index in [-0.39, 0.29) is 23.1 Å². The zero-order valence-corrected chi connectivity index (χ0v) is 11.0. The Kier molecular flexibility index (Phi) is 3.99. The molecule has 0 spiro atoms. The van der Waals surface area contributed by atoms with Gasteiger partial charge < -0.3 is 16.2 Å². The molecular weight excluding hydrogens is 244 g/mol. The number of nitrogen functional groups attached to an aromatic ring is 1. The average molecular weight is 262 g/mol. The number of aliphatic hydroxyl groups is 1. The van der Waals surface area contributed by atoms with E-state index in [1.165, 1.54) is 4.68 Å². The van der Waals surface area contributed by atoms with Crippen LogP contribution in [0.5, 0.6) is 0 Å². The highest BCUT2D eigenvalue weighted by atomic mass is 32.2. The Morgan fingerprint density at radius 3 is 2.59 bits per heavy atom. The first-order valence-electron chi connectivity index (χ1n) is 5.25. The third-order valence-electron chi connectivity index (χ3n) is 2.10. The highest BCUT2D eigenvalue weighted by molar-refractivity contribution is 7.91. The van der Waals surface area contributed by atoms with Gasteiger partial charge >= 0.3 is 0 Å². The van der Waals surface area contributed by atoms with E-state index in [0.717, 1.165) is 6.26 Å². The number of sulfone groups is 1. The maximum atomic E-state index is 11.6. The molecule has 0 aromatic carbocycles. The third kappa shape index (κ3) is 3.10. The van der Waals surface area contributed by atoms with Crippen molar-refractivity contribution in [3.8, 4) is 0 Å².